The summed E-state index contributed by atoms with van der Waals surface area (Å²) in [6, 6.07) is 0. The largest absolute Gasteiger partial charge is 0.396 e. The van der Waals surface area contributed by atoms with Gasteiger partial charge in [-0.15, -0.1) is 0 Å². The van der Waals surface area contributed by atoms with E-state index in [2.05, 4.69) is 20.8 Å². The molecule has 0 aromatic rings. The van der Waals surface area contributed by atoms with Gasteiger partial charge in [0, 0.05) is 32.0 Å². The molecule has 0 bridgehead atoms. The van der Waals surface area contributed by atoms with Crippen molar-refractivity contribution in [2.75, 3.05) is 19.7 Å². The first-order valence-electron chi connectivity index (χ1n) is 5.93. The summed E-state index contributed by atoms with van der Waals surface area (Å²) in [5.74, 6) is 1.58. The highest BCUT2D eigenvalue weighted by Crippen LogP contribution is 2.20. The number of aliphatic hydroxyl groups excluding tert-OH is 1. The van der Waals surface area contributed by atoms with Crippen molar-refractivity contribution in [3.8, 4) is 0 Å². The van der Waals surface area contributed by atoms with Gasteiger partial charge >= 0.3 is 0 Å². The van der Waals surface area contributed by atoms with Crippen molar-refractivity contribution in [3.05, 3.63) is 0 Å². The topological polar surface area (TPSA) is 40.5 Å². The van der Waals surface area contributed by atoms with Gasteiger partial charge in [0.25, 0.3) is 0 Å². The highest BCUT2D eigenvalue weighted by Gasteiger charge is 2.26. The Kier molecular flexibility index (Phi) is 4.58. The number of hydrogen-bond donors (Lipinski definition) is 1. The van der Waals surface area contributed by atoms with E-state index < -0.39 is 0 Å². The third-order valence-electron chi connectivity index (χ3n) is 3.53. The summed E-state index contributed by atoms with van der Waals surface area (Å²) in [6.07, 6.45) is 1.61. The highest BCUT2D eigenvalue weighted by molar-refractivity contribution is 5.76. The molecule has 1 fully saturated rings. The van der Waals surface area contributed by atoms with Gasteiger partial charge in [-0.2, -0.15) is 0 Å². The third-order valence-corrected chi connectivity index (χ3v) is 3.53. The summed E-state index contributed by atoms with van der Waals surface area (Å²) in [6.45, 7) is 8.22. The normalized spacial score (nSPS) is 23.5. The first-order valence-corrected chi connectivity index (χ1v) is 5.93. The lowest BCUT2D eigenvalue weighted by molar-refractivity contribution is -0.131. The zero-order chi connectivity index (χ0) is 11.4. The summed E-state index contributed by atoms with van der Waals surface area (Å²) in [7, 11) is 0. The molecule has 88 valence electrons. The van der Waals surface area contributed by atoms with E-state index in [0.29, 0.717) is 24.2 Å². The fraction of sp³-hybridized carbons (Fsp3) is 0.917. The van der Waals surface area contributed by atoms with E-state index in [1.54, 1.807) is 0 Å². The molecule has 0 aromatic heterocycles. The van der Waals surface area contributed by atoms with E-state index in [1.165, 1.54) is 0 Å². The van der Waals surface area contributed by atoms with Crippen LogP contribution in [0, 0.1) is 17.8 Å². The Bertz CT molecular complexity index is 216. The molecule has 3 nitrogen and oxygen atoms in total. The maximum Gasteiger partial charge on any atom is 0.222 e. The predicted octanol–water partition coefficient (Wildman–Crippen LogP) is 1.51. The second-order valence-corrected chi connectivity index (χ2v) is 5.10. The van der Waals surface area contributed by atoms with Crippen molar-refractivity contribution in [1.82, 2.24) is 4.90 Å². The number of rotatable bonds is 4. The van der Waals surface area contributed by atoms with E-state index in [4.69, 9.17) is 5.11 Å². The van der Waals surface area contributed by atoms with Crippen LogP contribution in [0.2, 0.25) is 0 Å². The molecule has 1 aliphatic heterocycles. The van der Waals surface area contributed by atoms with Crippen molar-refractivity contribution in [1.29, 1.82) is 0 Å². The van der Waals surface area contributed by atoms with Crippen LogP contribution in [0.4, 0.5) is 0 Å². The Labute approximate surface area is 92.5 Å². The Hall–Kier alpha value is -0.570. The molecule has 1 saturated heterocycles. The summed E-state index contributed by atoms with van der Waals surface area (Å²) in [5, 5.41) is 9.00. The maximum atomic E-state index is 11.9. The predicted molar refractivity (Wildman–Crippen MR) is 60.4 cm³/mol. The zero-order valence-electron chi connectivity index (χ0n) is 10.1. The van der Waals surface area contributed by atoms with Gasteiger partial charge in [-0.25, -0.2) is 0 Å². The Morgan fingerprint density at radius 2 is 2.13 bits per heavy atom. The van der Waals surface area contributed by atoms with Crippen molar-refractivity contribution >= 4 is 5.91 Å². The Morgan fingerprint density at radius 3 is 2.60 bits per heavy atom. The van der Waals surface area contributed by atoms with Crippen LogP contribution in [0.1, 0.15) is 33.6 Å². The lowest BCUT2D eigenvalue weighted by atomic mass is 9.94. The zero-order valence-corrected chi connectivity index (χ0v) is 10.1. The molecule has 0 radical (unpaired) electrons. The van der Waals surface area contributed by atoms with Crippen LogP contribution in [0.3, 0.4) is 0 Å². The van der Waals surface area contributed by atoms with E-state index in [-0.39, 0.29) is 12.5 Å². The maximum absolute atomic E-state index is 11.9. The lowest BCUT2D eigenvalue weighted by Crippen LogP contribution is -2.31. The number of carbonyl (C=O) groups excluding carboxylic acids is 1. The average Bonchev–Trinajstić information content (AvgIpc) is 2.65. The molecule has 0 saturated carbocycles. The van der Waals surface area contributed by atoms with E-state index in [9.17, 15) is 4.79 Å². The molecule has 1 aliphatic rings. The third kappa shape index (κ3) is 3.49. The van der Waals surface area contributed by atoms with Crippen LogP contribution in [0.25, 0.3) is 0 Å². The first-order chi connectivity index (χ1) is 7.04. The first kappa shape index (κ1) is 12.5. The highest BCUT2D eigenvalue weighted by atomic mass is 16.3. The summed E-state index contributed by atoms with van der Waals surface area (Å²) in [4.78, 5) is 13.8. The number of aliphatic hydroxyl groups is 1. The standard InChI is InChI=1S/C12H23NO2/c1-9(2)10(3)6-12(15)13-5-4-11(7-13)8-14/h9-11,14H,4-8H2,1-3H3. The van der Waals surface area contributed by atoms with Gasteiger partial charge in [-0.05, 0) is 18.3 Å². The van der Waals surface area contributed by atoms with Gasteiger partial charge in [0.1, 0.15) is 0 Å². The van der Waals surface area contributed by atoms with Gasteiger partial charge < -0.3 is 10.0 Å². The van der Waals surface area contributed by atoms with Crippen molar-refractivity contribution in [3.63, 3.8) is 0 Å². The fourth-order valence-corrected chi connectivity index (χ4v) is 1.85. The molecular weight excluding hydrogens is 190 g/mol. The molecular formula is C12H23NO2. The molecule has 0 aliphatic carbocycles. The van der Waals surface area contributed by atoms with Crippen LogP contribution in [0.15, 0.2) is 0 Å². The molecule has 1 amide bonds. The quantitative estimate of drug-likeness (QED) is 0.769. The van der Waals surface area contributed by atoms with Gasteiger partial charge in [0.05, 0.1) is 0 Å². The molecule has 15 heavy (non-hydrogen) atoms. The number of likely N-dealkylation sites (tertiary alicyclic amines) is 1. The van der Waals surface area contributed by atoms with Crippen molar-refractivity contribution < 1.29 is 9.90 Å². The smallest absolute Gasteiger partial charge is 0.222 e. The average molecular weight is 213 g/mol. The molecule has 1 heterocycles. The van der Waals surface area contributed by atoms with Gasteiger partial charge in [-0.3, -0.25) is 4.79 Å². The van der Waals surface area contributed by atoms with Crippen LogP contribution in [-0.4, -0.2) is 35.6 Å². The SMILES string of the molecule is CC(C)C(C)CC(=O)N1CCC(CO)C1. The van der Waals surface area contributed by atoms with Gasteiger partial charge in [-0.1, -0.05) is 20.8 Å². The van der Waals surface area contributed by atoms with Crippen molar-refractivity contribution in [2.24, 2.45) is 17.8 Å². The minimum Gasteiger partial charge on any atom is -0.396 e. The van der Waals surface area contributed by atoms with Crippen LogP contribution in [0.5, 0.6) is 0 Å². The number of nitrogens with zero attached hydrogens (tertiary/aromatic N) is 1. The fourth-order valence-electron chi connectivity index (χ4n) is 1.85. The number of amides is 1. The molecule has 1 rings (SSSR count). The minimum absolute atomic E-state index is 0.212. The number of hydrogen-bond acceptors (Lipinski definition) is 2. The summed E-state index contributed by atoms with van der Waals surface area (Å²) in [5.41, 5.74) is 0. The summed E-state index contributed by atoms with van der Waals surface area (Å²) >= 11 is 0. The Balaban J connectivity index is 2.35. The monoisotopic (exact) mass is 213 g/mol. The van der Waals surface area contributed by atoms with Crippen LogP contribution >= 0.6 is 0 Å². The number of carbonyl (C=O) groups is 1. The molecule has 0 spiro atoms. The molecule has 2 unspecified atom stereocenters. The van der Waals surface area contributed by atoms with E-state index in [1.807, 2.05) is 4.90 Å². The van der Waals surface area contributed by atoms with Gasteiger partial charge in [0.2, 0.25) is 5.91 Å². The summed E-state index contributed by atoms with van der Waals surface area (Å²) < 4.78 is 0. The molecule has 2 atom stereocenters. The van der Waals surface area contributed by atoms with Crippen molar-refractivity contribution in [2.45, 2.75) is 33.6 Å². The Morgan fingerprint density at radius 1 is 1.47 bits per heavy atom. The van der Waals surface area contributed by atoms with Crippen LogP contribution < -0.4 is 0 Å². The second-order valence-electron chi connectivity index (χ2n) is 5.10. The van der Waals surface area contributed by atoms with E-state index >= 15 is 0 Å². The molecule has 3 heteroatoms. The second kappa shape index (κ2) is 5.50. The minimum atomic E-state index is 0.212. The van der Waals surface area contributed by atoms with Gasteiger partial charge in [0.15, 0.2) is 0 Å². The van der Waals surface area contributed by atoms with E-state index in [0.717, 1.165) is 19.5 Å². The molecule has 0 aromatic carbocycles. The molecule has 1 N–H and O–H groups in total. The lowest BCUT2D eigenvalue weighted by Gasteiger charge is -2.20. The van der Waals surface area contributed by atoms with Crippen LogP contribution in [-0.2, 0) is 4.79 Å².